The molecule has 1 saturated heterocycles. The van der Waals surface area contributed by atoms with Crippen molar-refractivity contribution in [3.63, 3.8) is 0 Å². The highest BCUT2D eigenvalue weighted by atomic mass is 16.5. The number of nitrogens with zero attached hydrogens (tertiary/aromatic N) is 3. The lowest BCUT2D eigenvalue weighted by Gasteiger charge is -2.30. The van der Waals surface area contributed by atoms with Gasteiger partial charge in [0.1, 0.15) is 0 Å². The van der Waals surface area contributed by atoms with Gasteiger partial charge in [-0.2, -0.15) is 4.98 Å². The first kappa shape index (κ1) is 11.2. The third-order valence-corrected chi connectivity index (χ3v) is 3.64. The number of rotatable bonds is 4. The molecule has 1 unspecified atom stereocenters. The Labute approximate surface area is 101 Å². The minimum atomic E-state index is 0.288. The summed E-state index contributed by atoms with van der Waals surface area (Å²) in [4.78, 5) is 6.75. The number of aliphatic hydroxyl groups excluding tert-OH is 1. The molecule has 2 fully saturated rings. The van der Waals surface area contributed by atoms with Gasteiger partial charge in [-0.1, -0.05) is 5.16 Å². The Hall–Kier alpha value is -0.940. The van der Waals surface area contributed by atoms with Gasteiger partial charge in [0.15, 0.2) is 5.82 Å². The first-order valence-corrected chi connectivity index (χ1v) is 6.51. The van der Waals surface area contributed by atoms with Gasteiger partial charge in [0.25, 0.3) is 0 Å². The van der Waals surface area contributed by atoms with Crippen LogP contribution in [0.4, 0.5) is 0 Å². The molecule has 0 spiro atoms. The summed E-state index contributed by atoms with van der Waals surface area (Å²) >= 11 is 0. The van der Waals surface area contributed by atoms with E-state index in [-0.39, 0.29) is 6.61 Å². The van der Waals surface area contributed by atoms with Crippen molar-refractivity contribution in [2.75, 3.05) is 19.7 Å². The molecule has 1 aliphatic carbocycles. The molecule has 0 amide bonds. The van der Waals surface area contributed by atoms with Crippen molar-refractivity contribution in [2.45, 2.75) is 38.1 Å². The quantitative estimate of drug-likeness (QED) is 0.851. The summed E-state index contributed by atoms with van der Waals surface area (Å²) in [6.45, 7) is 3.07. The molecule has 94 valence electrons. The van der Waals surface area contributed by atoms with E-state index in [4.69, 9.17) is 4.52 Å². The van der Waals surface area contributed by atoms with E-state index in [2.05, 4.69) is 15.0 Å². The highest BCUT2D eigenvalue weighted by Gasteiger charge is 2.30. The Balaban J connectivity index is 1.57. The number of likely N-dealkylation sites (tertiary alicyclic amines) is 1. The number of piperidine rings is 1. The fourth-order valence-corrected chi connectivity index (χ4v) is 2.47. The van der Waals surface area contributed by atoms with Crippen LogP contribution < -0.4 is 0 Å². The van der Waals surface area contributed by atoms with Crippen LogP contribution in [0.25, 0.3) is 0 Å². The fourth-order valence-electron chi connectivity index (χ4n) is 2.47. The lowest BCUT2D eigenvalue weighted by molar-refractivity contribution is 0.113. The molecule has 0 bridgehead atoms. The third-order valence-electron chi connectivity index (χ3n) is 3.64. The summed E-state index contributed by atoms with van der Waals surface area (Å²) in [5, 5.41) is 13.2. The van der Waals surface area contributed by atoms with Crippen LogP contribution in [0.1, 0.15) is 43.3 Å². The predicted octanol–water partition coefficient (Wildman–Crippen LogP) is 1.15. The summed E-state index contributed by atoms with van der Waals surface area (Å²) in [5.74, 6) is 2.56. The van der Waals surface area contributed by atoms with Crippen molar-refractivity contribution < 1.29 is 9.63 Å². The SMILES string of the molecule is OCC1CCCN(Cc2noc(C3CC3)n2)C1. The largest absolute Gasteiger partial charge is 0.396 e. The molecule has 1 aromatic heterocycles. The third kappa shape index (κ3) is 2.66. The molecule has 0 aromatic carbocycles. The molecule has 1 saturated carbocycles. The molecule has 2 heterocycles. The molecule has 2 aliphatic rings. The second-order valence-corrected chi connectivity index (χ2v) is 5.25. The second kappa shape index (κ2) is 4.74. The Bertz CT molecular complexity index is 376. The smallest absolute Gasteiger partial charge is 0.229 e. The van der Waals surface area contributed by atoms with E-state index in [1.54, 1.807) is 0 Å². The first-order chi connectivity index (χ1) is 8.35. The number of hydrogen-bond acceptors (Lipinski definition) is 5. The van der Waals surface area contributed by atoms with Crippen molar-refractivity contribution >= 4 is 0 Å². The summed E-state index contributed by atoms with van der Waals surface area (Å²) in [6.07, 6.45) is 4.67. The Kier molecular flexibility index (Phi) is 3.11. The van der Waals surface area contributed by atoms with Gasteiger partial charge in [-0.25, -0.2) is 0 Å². The highest BCUT2D eigenvalue weighted by molar-refractivity contribution is 5.01. The van der Waals surface area contributed by atoms with Gasteiger partial charge < -0.3 is 9.63 Å². The van der Waals surface area contributed by atoms with Gasteiger partial charge in [0.2, 0.25) is 5.89 Å². The molecular formula is C12H19N3O2. The predicted molar refractivity (Wildman–Crippen MR) is 61.4 cm³/mol. The van der Waals surface area contributed by atoms with E-state index < -0.39 is 0 Å². The van der Waals surface area contributed by atoms with Crippen LogP contribution in [0.15, 0.2) is 4.52 Å². The van der Waals surface area contributed by atoms with E-state index in [1.807, 2.05) is 0 Å². The molecule has 17 heavy (non-hydrogen) atoms. The van der Waals surface area contributed by atoms with Crippen molar-refractivity contribution in [1.29, 1.82) is 0 Å². The average molecular weight is 237 g/mol. The van der Waals surface area contributed by atoms with E-state index in [9.17, 15) is 5.11 Å². The molecule has 1 N–H and O–H groups in total. The van der Waals surface area contributed by atoms with Gasteiger partial charge >= 0.3 is 0 Å². The van der Waals surface area contributed by atoms with Crippen LogP contribution >= 0.6 is 0 Å². The van der Waals surface area contributed by atoms with Crippen LogP contribution in [0.2, 0.25) is 0 Å². The Morgan fingerprint density at radius 2 is 2.24 bits per heavy atom. The van der Waals surface area contributed by atoms with E-state index in [1.165, 1.54) is 12.8 Å². The highest BCUT2D eigenvalue weighted by Crippen LogP contribution is 2.38. The molecule has 0 radical (unpaired) electrons. The Morgan fingerprint density at radius 3 is 3.00 bits per heavy atom. The lowest BCUT2D eigenvalue weighted by atomic mass is 9.99. The summed E-state index contributed by atoms with van der Waals surface area (Å²) < 4.78 is 5.25. The van der Waals surface area contributed by atoms with Crippen LogP contribution in [0.3, 0.4) is 0 Å². The maximum atomic E-state index is 9.18. The van der Waals surface area contributed by atoms with Gasteiger partial charge in [-0.05, 0) is 38.1 Å². The molecule has 1 aromatic rings. The normalized spacial score (nSPS) is 26.3. The lowest BCUT2D eigenvalue weighted by Crippen LogP contribution is -2.36. The van der Waals surface area contributed by atoms with Crippen molar-refractivity contribution in [3.8, 4) is 0 Å². The van der Waals surface area contributed by atoms with Gasteiger partial charge in [0, 0.05) is 19.1 Å². The van der Waals surface area contributed by atoms with Crippen LogP contribution in [-0.2, 0) is 6.54 Å². The summed E-state index contributed by atoms with van der Waals surface area (Å²) in [7, 11) is 0. The molecule has 1 aliphatic heterocycles. The van der Waals surface area contributed by atoms with Crippen molar-refractivity contribution in [1.82, 2.24) is 15.0 Å². The zero-order chi connectivity index (χ0) is 11.7. The maximum Gasteiger partial charge on any atom is 0.229 e. The van der Waals surface area contributed by atoms with Gasteiger partial charge in [-0.3, -0.25) is 4.90 Å². The maximum absolute atomic E-state index is 9.18. The van der Waals surface area contributed by atoms with Crippen LogP contribution in [-0.4, -0.2) is 39.8 Å². The van der Waals surface area contributed by atoms with E-state index in [0.717, 1.165) is 44.2 Å². The second-order valence-electron chi connectivity index (χ2n) is 5.25. The number of hydrogen-bond donors (Lipinski definition) is 1. The van der Waals surface area contributed by atoms with Crippen molar-refractivity contribution in [3.05, 3.63) is 11.7 Å². The van der Waals surface area contributed by atoms with Crippen LogP contribution in [0.5, 0.6) is 0 Å². The van der Waals surface area contributed by atoms with E-state index in [0.29, 0.717) is 11.8 Å². The van der Waals surface area contributed by atoms with Crippen molar-refractivity contribution in [2.24, 2.45) is 5.92 Å². The van der Waals surface area contributed by atoms with Gasteiger partial charge in [0.05, 0.1) is 6.54 Å². The topological polar surface area (TPSA) is 62.4 Å². The molecular weight excluding hydrogens is 218 g/mol. The number of aliphatic hydroxyl groups is 1. The molecule has 1 atom stereocenters. The fraction of sp³-hybridized carbons (Fsp3) is 0.833. The molecule has 5 nitrogen and oxygen atoms in total. The molecule has 5 heteroatoms. The van der Waals surface area contributed by atoms with Gasteiger partial charge in [-0.15, -0.1) is 0 Å². The first-order valence-electron chi connectivity index (χ1n) is 6.51. The zero-order valence-corrected chi connectivity index (χ0v) is 10.0. The summed E-state index contributed by atoms with van der Waals surface area (Å²) in [5.41, 5.74) is 0. The molecule has 3 rings (SSSR count). The monoisotopic (exact) mass is 237 g/mol. The minimum Gasteiger partial charge on any atom is -0.396 e. The minimum absolute atomic E-state index is 0.288. The standard InChI is InChI=1S/C12H19N3O2/c16-8-9-2-1-5-15(6-9)7-11-13-12(17-14-11)10-3-4-10/h9-10,16H,1-8H2. The summed E-state index contributed by atoms with van der Waals surface area (Å²) in [6, 6.07) is 0. The Morgan fingerprint density at radius 1 is 1.35 bits per heavy atom. The van der Waals surface area contributed by atoms with E-state index >= 15 is 0 Å². The number of aromatic nitrogens is 2. The average Bonchev–Trinajstić information content (AvgIpc) is 3.11. The zero-order valence-electron chi connectivity index (χ0n) is 10.0. The van der Waals surface area contributed by atoms with Crippen LogP contribution in [0, 0.1) is 5.92 Å².